The summed E-state index contributed by atoms with van der Waals surface area (Å²) in [5.41, 5.74) is 2.16. The maximum Gasteiger partial charge on any atom is 0.416 e. The lowest BCUT2D eigenvalue weighted by Gasteiger charge is -2.23. The maximum absolute atomic E-state index is 12.8. The third-order valence-electron chi connectivity index (χ3n) is 5.60. The minimum Gasteiger partial charge on any atom is -0.464 e. The van der Waals surface area contributed by atoms with E-state index < -0.39 is 27.3 Å². The van der Waals surface area contributed by atoms with E-state index in [1.54, 1.807) is 50.2 Å². The number of aliphatic hydroxyl groups is 1. The van der Waals surface area contributed by atoms with Crippen molar-refractivity contribution in [1.29, 1.82) is 0 Å². The van der Waals surface area contributed by atoms with E-state index in [2.05, 4.69) is 0 Å². The molecule has 1 unspecified atom stereocenters. The van der Waals surface area contributed by atoms with E-state index in [4.69, 9.17) is 0 Å². The molecule has 2 N–H and O–H groups in total. The highest BCUT2D eigenvalue weighted by Gasteiger charge is 2.28. The molecule has 0 radical (unpaired) electrons. The van der Waals surface area contributed by atoms with Gasteiger partial charge in [0.2, 0.25) is 0 Å². The molecule has 0 bridgehead atoms. The number of aromatic nitrogens is 1. The van der Waals surface area contributed by atoms with Gasteiger partial charge >= 0.3 is 6.09 Å². The monoisotopic (exact) mass is 428 g/mol. The van der Waals surface area contributed by atoms with Crippen molar-refractivity contribution in [3.05, 3.63) is 48.5 Å². The second-order valence-corrected chi connectivity index (χ2v) is 10.4. The highest BCUT2D eigenvalue weighted by atomic mass is 32.2. The molecule has 1 aliphatic heterocycles. The first-order valence-electron chi connectivity index (χ1n) is 9.85. The van der Waals surface area contributed by atoms with E-state index in [1.165, 1.54) is 4.57 Å². The number of fused-ring (bicyclic) bond motifs is 1. The Morgan fingerprint density at radius 2 is 1.87 bits per heavy atom. The lowest BCUT2D eigenvalue weighted by molar-refractivity contribution is 0.197. The van der Waals surface area contributed by atoms with Gasteiger partial charge in [0.05, 0.1) is 27.5 Å². The quantitative estimate of drug-likeness (QED) is 0.659. The number of nitrogens with zero attached hydrogens (tertiary/aromatic N) is 2. The van der Waals surface area contributed by atoms with Crippen LogP contribution >= 0.6 is 0 Å². The maximum atomic E-state index is 12.8. The Balaban J connectivity index is 2.01. The van der Waals surface area contributed by atoms with Crippen molar-refractivity contribution in [3.63, 3.8) is 0 Å². The molecular weight excluding hydrogens is 404 g/mol. The summed E-state index contributed by atoms with van der Waals surface area (Å²) < 4.78 is 26.8. The van der Waals surface area contributed by atoms with Crippen LogP contribution in [-0.4, -0.2) is 53.7 Å². The zero-order valence-corrected chi connectivity index (χ0v) is 17.6. The Morgan fingerprint density at radius 1 is 1.13 bits per heavy atom. The van der Waals surface area contributed by atoms with Gasteiger partial charge in [0.25, 0.3) is 0 Å². The normalized spacial score (nSPS) is 17.2. The van der Waals surface area contributed by atoms with Gasteiger partial charge in [0.1, 0.15) is 0 Å². The van der Waals surface area contributed by atoms with Gasteiger partial charge in [-0.2, -0.15) is 0 Å². The fourth-order valence-electron chi connectivity index (χ4n) is 3.96. The molecule has 2 heterocycles. The van der Waals surface area contributed by atoms with Gasteiger partial charge in [-0.15, -0.1) is 0 Å². The summed E-state index contributed by atoms with van der Waals surface area (Å²) in [5, 5.41) is 20.1. The molecule has 1 aliphatic rings. The predicted octanol–water partition coefficient (Wildman–Crippen LogP) is 3.59. The summed E-state index contributed by atoms with van der Waals surface area (Å²) in [6.45, 7) is 4.26. The predicted molar refractivity (Wildman–Crippen MR) is 116 cm³/mol. The van der Waals surface area contributed by atoms with Crippen molar-refractivity contribution < 1.29 is 23.4 Å². The van der Waals surface area contributed by atoms with Crippen molar-refractivity contribution in [1.82, 2.24) is 4.57 Å². The SMILES string of the molecule is CC(C)S(=O)(=O)c1ccc(N2CCC(O)C2)c(-c2cc3ccccc3n2C(=O)O)c1. The smallest absolute Gasteiger partial charge is 0.416 e. The molecule has 0 amide bonds. The van der Waals surface area contributed by atoms with Gasteiger partial charge in [0.15, 0.2) is 9.84 Å². The van der Waals surface area contributed by atoms with Crippen molar-refractivity contribution in [2.75, 3.05) is 18.0 Å². The molecular formula is C22H24N2O5S. The van der Waals surface area contributed by atoms with Gasteiger partial charge in [-0.1, -0.05) is 18.2 Å². The first-order valence-corrected chi connectivity index (χ1v) is 11.4. The molecule has 2 aromatic carbocycles. The molecule has 0 spiro atoms. The van der Waals surface area contributed by atoms with Crippen LogP contribution in [0.1, 0.15) is 20.3 Å². The number of hydrogen-bond acceptors (Lipinski definition) is 5. The van der Waals surface area contributed by atoms with Crippen LogP contribution in [0.3, 0.4) is 0 Å². The lowest BCUT2D eigenvalue weighted by Crippen LogP contribution is -2.23. The number of benzene rings is 2. The fraction of sp³-hybridized carbons (Fsp3) is 0.318. The largest absolute Gasteiger partial charge is 0.464 e. The molecule has 7 nitrogen and oxygen atoms in total. The molecule has 1 atom stereocenters. The molecule has 158 valence electrons. The van der Waals surface area contributed by atoms with Crippen LogP contribution in [-0.2, 0) is 9.84 Å². The van der Waals surface area contributed by atoms with Gasteiger partial charge in [-0.25, -0.2) is 17.8 Å². The van der Waals surface area contributed by atoms with Crippen LogP contribution in [0.25, 0.3) is 22.2 Å². The summed E-state index contributed by atoms with van der Waals surface area (Å²) >= 11 is 0. The average Bonchev–Trinajstić information content (AvgIpc) is 3.30. The van der Waals surface area contributed by atoms with Crippen LogP contribution in [0.15, 0.2) is 53.4 Å². The molecule has 3 aromatic rings. The number of aliphatic hydroxyl groups excluding tert-OH is 1. The minimum atomic E-state index is -3.55. The van der Waals surface area contributed by atoms with E-state index >= 15 is 0 Å². The zero-order chi connectivity index (χ0) is 21.6. The zero-order valence-electron chi connectivity index (χ0n) is 16.8. The topological polar surface area (TPSA) is 99.8 Å². The molecule has 1 aromatic heterocycles. The van der Waals surface area contributed by atoms with Gasteiger partial charge in [-0.05, 0) is 50.6 Å². The Labute approximate surface area is 175 Å². The number of carboxylic acid groups (broad SMARTS) is 1. The first kappa shape index (κ1) is 20.4. The number of carbonyl (C=O) groups is 1. The second-order valence-electron chi connectivity index (χ2n) is 7.87. The number of para-hydroxylation sites is 1. The standard InChI is InChI=1S/C22H24N2O5S/c1-14(2)30(28,29)17-7-8-20(23-10-9-16(25)13-23)18(12-17)21-11-15-5-3-4-6-19(15)24(21)22(26)27/h3-8,11-12,14,16,25H,9-10,13H2,1-2H3,(H,26,27). The molecule has 1 fully saturated rings. The van der Waals surface area contributed by atoms with E-state index in [9.17, 15) is 23.4 Å². The van der Waals surface area contributed by atoms with Crippen LogP contribution in [0, 0.1) is 0 Å². The van der Waals surface area contributed by atoms with Crippen LogP contribution in [0.2, 0.25) is 0 Å². The van der Waals surface area contributed by atoms with Crippen LogP contribution < -0.4 is 4.90 Å². The van der Waals surface area contributed by atoms with E-state index in [0.717, 1.165) is 5.39 Å². The molecule has 0 saturated carbocycles. The molecule has 8 heteroatoms. The Kier molecular flexibility index (Phi) is 5.07. The van der Waals surface area contributed by atoms with Gasteiger partial charge in [0, 0.05) is 29.7 Å². The summed E-state index contributed by atoms with van der Waals surface area (Å²) in [5.74, 6) is 0. The van der Waals surface area contributed by atoms with Crippen molar-refractivity contribution >= 4 is 32.5 Å². The molecule has 4 rings (SSSR count). The fourth-order valence-corrected chi connectivity index (χ4v) is 5.05. The highest BCUT2D eigenvalue weighted by Crippen LogP contribution is 2.38. The van der Waals surface area contributed by atoms with E-state index in [1.807, 2.05) is 17.0 Å². The van der Waals surface area contributed by atoms with E-state index in [0.29, 0.717) is 42.0 Å². The minimum absolute atomic E-state index is 0.151. The Bertz CT molecular complexity index is 1230. The van der Waals surface area contributed by atoms with Gasteiger partial charge in [-0.3, -0.25) is 0 Å². The van der Waals surface area contributed by atoms with Crippen LogP contribution in [0.5, 0.6) is 0 Å². The second kappa shape index (κ2) is 7.45. The van der Waals surface area contributed by atoms with Gasteiger partial charge < -0.3 is 15.1 Å². The molecule has 30 heavy (non-hydrogen) atoms. The van der Waals surface area contributed by atoms with Crippen molar-refractivity contribution in [2.45, 2.75) is 36.5 Å². The first-order chi connectivity index (χ1) is 14.2. The number of β-amino-alcohol motifs (C(OH)–C–C–N with tert-alkyl or cyclic N) is 1. The highest BCUT2D eigenvalue weighted by molar-refractivity contribution is 7.92. The summed E-state index contributed by atoms with van der Waals surface area (Å²) in [7, 11) is -3.55. The summed E-state index contributed by atoms with van der Waals surface area (Å²) in [4.78, 5) is 14.3. The number of anilines is 1. The van der Waals surface area contributed by atoms with E-state index in [-0.39, 0.29) is 4.90 Å². The Hall–Kier alpha value is -2.84. The molecule has 0 aliphatic carbocycles. The summed E-state index contributed by atoms with van der Waals surface area (Å²) in [6, 6.07) is 13.7. The Morgan fingerprint density at radius 3 is 2.50 bits per heavy atom. The number of hydrogen-bond donors (Lipinski definition) is 2. The number of rotatable bonds is 4. The number of sulfone groups is 1. The lowest BCUT2D eigenvalue weighted by atomic mass is 10.1. The third-order valence-corrected chi connectivity index (χ3v) is 7.75. The third kappa shape index (κ3) is 3.36. The molecule has 1 saturated heterocycles. The van der Waals surface area contributed by atoms with Crippen molar-refractivity contribution in [3.8, 4) is 11.3 Å². The summed E-state index contributed by atoms with van der Waals surface area (Å²) in [6.07, 6.45) is -1.01. The average molecular weight is 429 g/mol. The van der Waals surface area contributed by atoms with Crippen molar-refractivity contribution in [2.24, 2.45) is 0 Å². The van der Waals surface area contributed by atoms with Crippen LogP contribution in [0.4, 0.5) is 10.5 Å².